The first-order valence-corrected chi connectivity index (χ1v) is 6.59. The minimum absolute atomic E-state index is 0.328. The number of nitriles is 1. The second-order valence-electron chi connectivity index (χ2n) is 4.67. The molecule has 1 aliphatic carbocycles. The molecule has 2 unspecified atom stereocenters. The Morgan fingerprint density at radius 2 is 2.28 bits per heavy atom. The van der Waals surface area contributed by atoms with Crippen LogP contribution in [0.5, 0.6) is 0 Å². The zero-order valence-corrected chi connectivity index (χ0v) is 11.2. The maximum absolute atomic E-state index is 9.10. The Hall–Kier alpha value is -1.24. The normalized spacial score (nSPS) is 23.4. The fraction of sp³-hybridized carbons (Fsp3) is 0.500. The third-order valence-corrected chi connectivity index (χ3v) is 3.66. The van der Waals surface area contributed by atoms with E-state index in [2.05, 4.69) is 11.4 Å². The molecule has 0 aliphatic heterocycles. The van der Waals surface area contributed by atoms with E-state index < -0.39 is 0 Å². The predicted molar refractivity (Wildman–Crippen MR) is 72.8 cm³/mol. The molecule has 1 N–H and O–H groups in total. The summed E-state index contributed by atoms with van der Waals surface area (Å²) in [4.78, 5) is 0. The van der Waals surface area contributed by atoms with Crippen molar-refractivity contribution in [1.29, 1.82) is 5.26 Å². The number of methoxy groups -OCH3 is 1. The minimum atomic E-state index is 0.328. The second-order valence-corrected chi connectivity index (χ2v) is 5.10. The molecular formula is C14H17ClN2O. The first-order chi connectivity index (χ1) is 8.72. The summed E-state index contributed by atoms with van der Waals surface area (Å²) < 4.78 is 5.41. The van der Waals surface area contributed by atoms with Crippen LogP contribution in [0.25, 0.3) is 0 Å². The molecule has 0 radical (unpaired) electrons. The van der Waals surface area contributed by atoms with E-state index in [0.717, 1.165) is 31.4 Å². The third kappa shape index (κ3) is 3.16. The number of nitrogens with zero attached hydrogens (tertiary/aromatic N) is 1. The summed E-state index contributed by atoms with van der Waals surface area (Å²) in [6, 6.07) is 7.92. The van der Waals surface area contributed by atoms with Crippen LogP contribution >= 0.6 is 11.6 Å². The van der Waals surface area contributed by atoms with E-state index in [0.29, 0.717) is 22.7 Å². The Morgan fingerprint density at radius 1 is 1.44 bits per heavy atom. The smallest absolute Gasteiger partial charge is 0.101 e. The molecule has 0 heterocycles. The van der Waals surface area contributed by atoms with Gasteiger partial charge in [0.25, 0.3) is 0 Å². The predicted octanol–water partition coefficient (Wildman–Crippen LogP) is 3.58. The van der Waals surface area contributed by atoms with Crippen molar-refractivity contribution in [3.63, 3.8) is 0 Å². The zero-order chi connectivity index (χ0) is 13.0. The van der Waals surface area contributed by atoms with Crippen molar-refractivity contribution < 1.29 is 4.74 Å². The van der Waals surface area contributed by atoms with Gasteiger partial charge in [0, 0.05) is 18.2 Å². The van der Waals surface area contributed by atoms with Gasteiger partial charge < -0.3 is 10.1 Å². The van der Waals surface area contributed by atoms with Gasteiger partial charge in [-0.2, -0.15) is 5.26 Å². The lowest BCUT2D eigenvalue weighted by Gasteiger charge is -2.29. The van der Waals surface area contributed by atoms with Crippen LogP contribution in [-0.4, -0.2) is 19.3 Å². The Labute approximate surface area is 113 Å². The van der Waals surface area contributed by atoms with E-state index >= 15 is 0 Å². The fourth-order valence-electron chi connectivity index (χ4n) is 2.44. The molecule has 1 aliphatic rings. The Bertz CT molecular complexity index is 456. The number of hydrogen-bond acceptors (Lipinski definition) is 3. The summed E-state index contributed by atoms with van der Waals surface area (Å²) in [5, 5.41) is 13.1. The lowest BCUT2D eigenvalue weighted by atomic mass is 9.92. The van der Waals surface area contributed by atoms with Gasteiger partial charge in [0.05, 0.1) is 17.4 Å². The summed E-state index contributed by atoms with van der Waals surface area (Å²) in [6.45, 7) is 0. The number of rotatable bonds is 3. The Balaban J connectivity index is 2.07. The van der Waals surface area contributed by atoms with Crippen LogP contribution in [0.15, 0.2) is 18.2 Å². The lowest BCUT2D eigenvalue weighted by molar-refractivity contribution is 0.0669. The van der Waals surface area contributed by atoms with Crippen LogP contribution < -0.4 is 5.32 Å². The van der Waals surface area contributed by atoms with Crippen LogP contribution in [-0.2, 0) is 4.74 Å². The first-order valence-electron chi connectivity index (χ1n) is 6.22. The van der Waals surface area contributed by atoms with Gasteiger partial charge in [0.1, 0.15) is 6.07 Å². The van der Waals surface area contributed by atoms with E-state index in [1.54, 1.807) is 19.2 Å². The minimum Gasteiger partial charge on any atom is -0.381 e. The molecule has 0 bridgehead atoms. The van der Waals surface area contributed by atoms with Crippen molar-refractivity contribution >= 4 is 17.3 Å². The molecule has 1 saturated carbocycles. The van der Waals surface area contributed by atoms with Crippen molar-refractivity contribution in [3.05, 3.63) is 28.8 Å². The number of hydrogen-bond donors (Lipinski definition) is 1. The number of benzene rings is 1. The number of ether oxygens (including phenoxy) is 1. The molecule has 3 nitrogen and oxygen atoms in total. The average molecular weight is 265 g/mol. The summed E-state index contributed by atoms with van der Waals surface area (Å²) in [5.41, 5.74) is 1.46. The molecule has 2 rings (SSSR count). The fourth-order valence-corrected chi connectivity index (χ4v) is 2.62. The summed E-state index contributed by atoms with van der Waals surface area (Å²) in [5.74, 6) is 0. The Kier molecular flexibility index (Phi) is 4.46. The van der Waals surface area contributed by atoms with Crippen molar-refractivity contribution in [2.45, 2.75) is 37.8 Å². The summed E-state index contributed by atoms with van der Waals surface area (Å²) in [6.07, 6.45) is 4.72. The molecule has 18 heavy (non-hydrogen) atoms. The van der Waals surface area contributed by atoms with Crippen LogP contribution in [0.1, 0.15) is 31.2 Å². The molecule has 0 spiro atoms. The van der Waals surface area contributed by atoms with Crippen molar-refractivity contribution in [1.82, 2.24) is 0 Å². The van der Waals surface area contributed by atoms with E-state index in [4.69, 9.17) is 21.6 Å². The van der Waals surface area contributed by atoms with Crippen molar-refractivity contribution in [2.24, 2.45) is 0 Å². The maximum Gasteiger partial charge on any atom is 0.101 e. The highest BCUT2D eigenvalue weighted by Crippen LogP contribution is 2.26. The molecular weight excluding hydrogens is 248 g/mol. The van der Waals surface area contributed by atoms with Crippen molar-refractivity contribution in [2.75, 3.05) is 12.4 Å². The number of nitrogens with one attached hydrogen (secondary N) is 1. The lowest BCUT2D eigenvalue weighted by Crippen LogP contribution is -2.31. The second kappa shape index (κ2) is 6.08. The zero-order valence-electron chi connectivity index (χ0n) is 10.4. The van der Waals surface area contributed by atoms with E-state index in [-0.39, 0.29) is 0 Å². The van der Waals surface area contributed by atoms with Gasteiger partial charge in [-0.1, -0.05) is 11.6 Å². The van der Waals surface area contributed by atoms with Crippen LogP contribution in [0.3, 0.4) is 0 Å². The van der Waals surface area contributed by atoms with Crippen LogP contribution in [0.4, 0.5) is 5.69 Å². The molecule has 1 aromatic rings. The molecule has 1 aromatic carbocycles. The molecule has 1 fully saturated rings. The monoisotopic (exact) mass is 264 g/mol. The van der Waals surface area contributed by atoms with Crippen LogP contribution in [0.2, 0.25) is 5.02 Å². The van der Waals surface area contributed by atoms with Crippen LogP contribution in [0, 0.1) is 11.3 Å². The largest absolute Gasteiger partial charge is 0.381 e. The number of anilines is 1. The first kappa shape index (κ1) is 13.2. The molecule has 96 valence electrons. The van der Waals surface area contributed by atoms with Gasteiger partial charge in [-0.25, -0.2) is 0 Å². The molecule has 4 heteroatoms. The van der Waals surface area contributed by atoms with Gasteiger partial charge in [-0.05, 0) is 43.9 Å². The van der Waals surface area contributed by atoms with E-state index in [1.807, 2.05) is 6.07 Å². The van der Waals surface area contributed by atoms with E-state index in [1.165, 1.54) is 0 Å². The molecule has 0 aromatic heterocycles. The quantitative estimate of drug-likeness (QED) is 0.908. The highest BCUT2D eigenvalue weighted by atomic mass is 35.5. The third-order valence-electron chi connectivity index (χ3n) is 3.42. The van der Waals surface area contributed by atoms with Gasteiger partial charge in [-0.15, -0.1) is 0 Å². The average Bonchev–Trinajstić information content (AvgIpc) is 2.41. The van der Waals surface area contributed by atoms with Crippen molar-refractivity contribution in [3.8, 4) is 6.07 Å². The van der Waals surface area contributed by atoms with E-state index in [9.17, 15) is 0 Å². The summed E-state index contributed by atoms with van der Waals surface area (Å²) >= 11 is 5.89. The topological polar surface area (TPSA) is 45.0 Å². The van der Waals surface area contributed by atoms with Gasteiger partial charge in [0.15, 0.2) is 0 Å². The standard InChI is InChI=1S/C14H17ClN2O/c1-18-13-4-2-3-12(8-13)17-14-6-5-11(15)7-10(14)9-16/h5-7,12-13,17H,2-4,8H2,1H3. The van der Waals surface area contributed by atoms with Gasteiger partial charge in [-0.3, -0.25) is 0 Å². The summed E-state index contributed by atoms with van der Waals surface area (Å²) in [7, 11) is 1.76. The highest BCUT2D eigenvalue weighted by Gasteiger charge is 2.22. The number of halogens is 1. The van der Waals surface area contributed by atoms with Gasteiger partial charge >= 0.3 is 0 Å². The maximum atomic E-state index is 9.10. The Morgan fingerprint density at radius 3 is 3.00 bits per heavy atom. The molecule has 0 amide bonds. The highest BCUT2D eigenvalue weighted by molar-refractivity contribution is 6.30. The SMILES string of the molecule is COC1CCCC(Nc2ccc(Cl)cc2C#N)C1. The molecule has 2 atom stereocenters. The van der Waals surface area contributed by atoms with Gasteiger partial charge in [0.2, 0.25) is 0 Å². The molecule has 0 saturated heterocycles.